The maximum atomic E-state index is 11.8. The minimum atomic E-state index is -0.228. The molecule has 7 heteroatoms. The van der Waals surface area contributed by atoms with Crippen molar-refractivity contribution in [1.29, 1.82) is 0 Å². The first-order chi connectivity index (χ1) is 11.1. The molecule has 7 nitrogen and oxygen atoms in total. The van der Waals surface area contributed by atoms with Gasteiger partial charge < -0.3 is 20.9 Å². The van der Waals surface area contributed by atoms with E-state index in [2.05, 4.69) is 26.1 Å². The molecule has 0 saturated heterocycles. The van der Waals surface area contributed by atoms with Crippen LogP contribution in [0.1, 0.15) is 5.56 Å². The molecule has 0 aliphatic rings. The van der Waals surface area contributed by atoms with Crippen LogP contribution in [-0.2, 0) is 0 Å². The van der Waals surface area contributed by atoms with Crippen molar-refractivity contribution < 1.29 is 4.79 Å². The summed E-state index contributed by atoms with van der Waals surface area (Å²) in [4.78, 5) is 13.8. The van der Waals surface area contributed by atoms with Crippen LogP contribution in [0.2, 0.25) is 0 Å². The summed E-state index contributed by atoms with van der Waals surface area (Å²) in [6.07, 6.45) is 1.69. The van der Waals surface area contributed by atoms with Gasteiger partial charge in [0.05, 0.1) is 11.9 Å². The molecule has 0 fully saturated rings. The van der Waals surface area contributed by atoms with Crippen molar-refractivity contribution in [2.75, 3.05) is 42.7 Å². The highest BCUT2D eigenvalue weighted by Gasteiger charge is 2.03. The Morgan fingerprint density at radius 2 is 2.00 bits per heavy atom. The Balaban J connectivity index is 1.74. The molecule has 2 amide bonds. The van der Waals surface area contributed by atoms with E-state index in [1.54, 1.807) is 6.20 Å². The van der Waals surface area contributed by atoms with Crippen LogP contribution in [0.25, 0.3) is 0 Å². The molecular formula is C16H22N6O. The summed E-state index contributed by atoms with van der Waals surface area (Å²) < 4.78 is 0. The summed E-state index contributed by atoms with van der Waals surface area (Å²) in [5, 5.41) is 16.7. The van der Waals surface area contributed by atoms with Crippen molar-refractivity contribution in [1.82, 2.24) is 15.5 Å². The minimum absolute atomic E-state index is 0.228. The third-order valence-electron chi connectivity index (χ3n) is 3.27. The number of urea groups is 1. The van der Waals surface area contributed by atoms with Crippen LogP contribution in [0.4, 0.5) is 22.0 Å². The number of carbonyl (C=O) groups excluding carboxylic acids is 1. The number of benzene rings is 1. The van der Waals surface area contributed by atoms with Gasteiger partial charge in [0.2, 0.25) is 0 Å². The summed E-state index contributed by atoms with van der Waals surface area (Å²) >= 11 is 0. The molecule has 0 spiro atoms. The third kappa shape index (κ3) is 5.14. The van der Waals surface area contributed by atoms with Gasteiger partial charge in [0.1, 0.15) is 0 Å². The number of aromatic nitrogens is 2. The van der Waals surface area contributed by atoms with Gasteiger partial charge in [0.25, 0.3) is 0 Å². The van der Waals surface area contributed by atoms with E-state index in [-0.39, 0.29) is 6.03 Å². The molecule has 0 radical (unpaired) electrons. The second kappa shape index (κ2) is 7.98. The van der Waals surface area contributed by atoms with Crippen LogP contribution in [0.15, 0.2) is 36.5 Å². The second-order valence-corrected chi connectivity index (χ2v) is 5.32. The predicted octanol–water partition coefficient (Wildman–Crippen LogP) is 2.08. The van der Waals surface area contributed by atoms with Gasteiger partial charge in [-0.3, -0.25) is 0 Å². The van der Waals surface area contributed by atoms with E-state index in [4.69, 9.17) is 0 Å². The van der Waals surface area contributed by atoms with E-state index in [1.807, 2.05) is 56.3 Å². The molecule has 0 saturated carbocycles. The fraction of sp³-hybridized carbons (Fsp3) is 0.312. The number of nitrogens with zero attached hydrogens (tertiary/aromatic N) is 3. The van der Waals surface area contributed by atoms with Gasteiger partial charge in [-0.05, 0) is 18.6 Å². The van der Waals surface area contributed by atoms with Crippen molar-refractivity contribution in [3.63, 3.8) is 0 Å². The molecule has 1 heterocycles. The molecule has 2 rings (SSSR count). The van der Waals surface area contributed by atoms with E-state index in [9.17, 15) is 4.79 Å². The number of para-hydroxylation sites is 1. The average Bonchev–Trinajstić information content (AvgIpc) is 2.54. The summed E-state index contributed by atoms with van der Waals surface area (Å²) in [5.74, 6) is 0.678. The molecule has 0 atom stereocenters. The normalized spacial score (nSPS) is 10.0. The smallest absolute Gasteiger partial charge is 0.319 e. The number of aryl methyl sites for hydroxylation is 1. The average molecular weight is 314 g/mol. The number of hydrogen-bond donors (Lipinski definition) is 3. The van der Waals surface area contributed by atoms with Crippen LogP contribution in [0, 0.1) is 6.92 Å². The number of amides is 2. The van der Waals surface area contributed by atoms with E-state index in [0.717, 1.165) is 16.9 Å². The monoisotopic (exact) mass is 314 g/mol. The maximum Gasteiger partial charge on any atom is 0.319 e. The maximum absolute atomic E-state index is 11.8. The van der Waals surface area contributed by atoms with Gasteiger partial charge in [-0.2, -0.15) is 5.10 Å². The number of hydrogen-bond acceptors (Lipinski definition) is 5. The van der Waals surface area contributed by atoms with Crippen molar-refractivity contribution in [3.05, 3.63) is 42.1 Å². The highest BCUT2D eigenvalue weighted by atomic mass is 16.2. The third-order valence-corrected chi connectivity index (χ3v) is 3.27. The fourth-order valence-corrected chi connectivity index (χ4v) is 1.93. The standard InChI is InChI=1S/C16H22N6O/c1-12-6-4-5-7-14(12)20-16(23)18-9-8-17-15-10-13(22(2)3)11-19-21-15/h4-7,10-11H,8-9H2,1-3H3,(H,17,21)(H2,18,20,23). The molecule has 2 aromatic rings. The molecule has 23 heavy (non-hydrogen) atoms. The molecule has 1 aromatic carbocycles. The summed E-state index contributed by atoms with van der Waals surface area (Å²) in [6.45, 7) is 2.99. The van der Waals surface area contributed by atoms with Gasteiger partial charge in [0.15, 0.2) is 5.82 Å². The quantitative estimate of drug-likeness (QED) is 0.711. The Labute approximate surface area is 136 Å². The van der Waals surface area contributed by atoms with E-state index < -0.39 is 0 Å². The minimum Gasteiger partial charge on any atom is -0.376 e. The Morgan fingerprint density at radius 1 is 1.22 bits per heavy atom. The molecule has 3 N–H and O–H groups in total. The van der Waals surface area contributed by atoms with E-state index >= 15 is 0 Å². The molecule has 0 unspecified atom stereocenters. The van der Waals surface area contributed by atoms with Gasteiger partial charge >= 0.3 is 6.03 Å². The van der Waals surface area contributed by atoms with Gasteiger partial charge in [-0.15, -0.1) is 5.10 Å². The zero-order chi connectivity index (χ0) is 16.7. The molecule has 0 aliphatic carbocycles. The first-order valence-corrected chi connectivity index (χ1v) is 7.40. The highest BCUT2D eigenvalue weighted by Crippen LogP contribution is 2.13. The lowest BCUT2D eigenvalue weighted by atomic mass is 10.2. The van der Waals surface area contributed by atoms with Crippen LogP contribution in [-0.4, -0.2) is 43.4 Å². The zero-order valence-electron chi connectivity index (χ0n) is 13.6. The van der Waals surface area contributed by atoms with Crippen LogP contribution >= 0.6 is 0 Å². The first kappa shape index (κ1) is 16.5. The summed E-state index contributed by atoms with van der Waals surface area (Å²) in [5.41, 5.74) is 2.80. The van der Waals surface area contributed by atoms with Crippen molar-refractivity contribution in [2.45, 2.75) is 6.92 Å². The van der Waals surface area contributed by atoms with Crippen molar-refractivity contribution >= 4 is 23.2 Å². The second-order valence-electron chi connectivity index (χ2n) is 5.32. The molecule has 1 aromatic heterocycles. The SMILES string of the molecule is Cc1ccccc1NC(=O)NCCNc1cc(N(C)C)cnn1. The lowest BCUT2D eigenvalue weighted by Gasteiger charge is -2.13. The van der Waals surface area contributed by atoms with Gasteiger partial charge in [-0.25, -0.2) is 4.79 Å². The number of nitrogens with one attached hydrogen (secondary N) is 3. The van der Waals surface area contributed by atoms with Crippen molar-refractivity contribution in [2.24, 2.45) is 0 Å². The van der Waals surface area contributed by atoms with Gasteiger partial charge in [-0.1, -0.05) is 18.2 Å². The van der Waals surface area contributed by atoms with Gasteiger partial charge in [0, 0.05) is 38.9 Å². The first-order valence-electron chi connectivity index (χ1n) is 7.40. The zero-order valence-corrected chi connectivity index (χ0v) is 13.6. The lowest BCUT2D eigenvalue weighted by Crippen LogP contribution is -2.33. The lowest BCUT2D eigenvalue weighted by molar-refractivity contribution is 0.252. The molecule has 122 valence electrons. The van der Waals surface area contributed by atoms with Crippen LogP contribution in [0.5, 0.6) is 0 Å². The molecule has 0 bridgehead atoms. The number of rotatable bonds is 6. The van der Waals surface area contributed by atoms with Crippen LogP contribution < -0.4 is 20.9 Å². The Kier molecular flexibility index (Phi) is 5.74. The number of anilines is 3. The summed E-state index contributed by atoms with van der Waals surface area (Å²) in [6, 6.07) is 9.32. The Hall–Kier alpha value is -2.83. The fourth-order valence-electron chi connectivity index (χ4n) is 1.93. The Bertz CT molecular complexity index is 659. The van der Waals surface area contributed by atoms with E-state index in [0.29, 0.717) is 18.9 Å². The van der Waals surface area contributed by atoms with Crippen LogP contribution in [0.3, 0.4) is 0 Å². The Morgan fingerprint density at radius 3 is 2.74 bits per heavy atom. The predicted molar refractivity (Wildman–Crippen MR) is 93.0 cm³/mol. The topological polar surface area (TPSA) is 82.2 Å². The molecular weight excluding hydrogens is 292 g/mol. The number of carbonyl (C=O) groups is 1. The molecule has 0 aliphatic heterocycles. The largest absolute Gasteiger partial charge is 0.376 e. The highest BCUT2D eigenvalue weighted by molar-refractivity contribution is 5.90. The van der Waals surface area contributed by atoms with Crippen molar-refractivity contribution in [3.8, 4) is 0 Å². The van der Waals surface area contributed by atoms with E-state index in [1.165, 1.54) is 0 Å². The summed E-state index contributed by atoms with van der Waals surface area (Å²) in [7, 11) is 3.89.